The predicted molar refractivity (Wildman–Crippen MR) is 174 cm³/mol. The molecule has 4 aromatic rings. The van der Waals surface area contributed by atoms with E-state index in [-0.39, 0.29) is 11.7 Å². The summed E-state index contributed by atoms with van der Waals surface area (Å²) in [7, 11) is 12.6. The molecule has 1 aliphatic heterocycles. The van der Waals surface area contributed by atoms with Crippen molar-refractivity contribution in [2.45, 2.75) is 12.0 Å². The molecule has 1 N–H and O–H groups in total. The normalized spacial score (nSPS) is 15.1. The minimum Gasteiger partial charge on any atom is -0.504 e. The summed E-state index contributed by atoms with van der Waals surface area (Å²) < 4.78 is 51.5. The molecule has 0 aromatic heterocycles. The maximum atomic E-state index is 10.3. The van der Waals surface area contributed by atoms with Crippen molar-refractivity contribution in [3.8, 4) is 57.5 Å². The molecule has 0 spiro atoms. The van der Waals surface area contributed by atoms with E-state index in [2.05, 4.69) is 6.07 Å². The number of hydrogen-bond acceptors (Lipinski definition) is 10. The highest BCUT2D eigenvalue weighted by Crippen LogP contribution is 2.56. The number of aromatic hydroxyl groups is 1. The molecule has 46 heavy (non-hydrogen) atoms. The van der Waals surface area contributed by atoms with Crippen LogP contribution in [0.2, 0.25) is 0 Å². The summed E-state index contributed by atoms with van der Waals surface area (Å²) in [6, 6.07) is 16.7. The highest BCUT2D eigenvalue weighted by molar-refractivity contribution is 5.75. The van der Waals surface area contributed by atoms with Crippen molar-refractivity contribution in [1.29, 1.82) is 0 Å². The van der Waals surface area contributed by atoms with E-state index in [1.54, 1.807) is 61.9 Å². The van der Waals surface area contributed by atoms with Crippen LogP contribution >= 0.6 is 0 Å². The Morgan fingerprint density at radius 3 is 1.48 bits per heavy atom. The van der Waals surface area contributed by atoms with Crippen LogP contribution in [-0.2, 0) is 0 Å². The van der Waals surface area contributed by atoms with Crippen molar-refractivity contribution in [2.24, 2.45) is 0 Å². The maximum Gasteiger partial charge on any atom is 0.203 e. The van der Waals surface area contributed by atoms with Crippen LogP contribution in [0.4, 0.5) is 0 Å². The smallest absolute Gasteiger partial charge is 0.203 e. The molecule has 1 aliphatic rings. The van der Waals surface area contributed by atoms with Gasteiger partial charge in [-0.05, 0) is 70.8 Å². The zero-order valence-corrected chi connectivity index (χ0v) is 27.1. The quantitative estimate of drug-likeness (QED) is 0.166. The molecular formula is C36H38O10. The number of phenols is 1. The van der Waals surface area contributed by atoms with E-state index in [0.717, 1.165) is 27.8 Å². The minimum absolute atomic E-state index is 0.0305. The fraction of sp³-hybridized carbons (Fsp3) is 0.278. The average Bonchev–Trinajstić information content (AvgIpc) is 3.48. The molecule has 0 unspecified atom stereocenters. The van der Waals surface area contributed by atoms with Crippen molar-refractivity contribution < 1.29 is 47.7 Å². The van der Waals surface area contributed by atoms with Gasteiger partial charge in [0, 0.05) is 5.56 Å². The number of ether oxygens (including phenoxy) is 9. The lowest BCUT2D eigenvalue weighted by Gasteiger charge is -2.23. The molecule has 0 fully saturated rings. The van der Waals surface area contributed by atoms with Crippen LogP contribution in [0.25, 0.3) is 12.2 Å². The summed E-state index contributed by atoms with van der Waals surface area (Å²) in [5.41, 5.74) is 4.25. The molecular weight excluding hydrogens is 592 g/mol. The van der Waals surface area contributed by atoms with Gasteiger partial charge in [-0.3, -0.25) is 0 Å². The maximum absolute atomic E-state index is 10.3. The molecule has 5 rings (SSSR count). The monoisotopic (exact) mass is 630 g/mol. The number of phenolic OH excluding ortho intramolecular Hbond substituents is 1. The summed E-state index contributed by atoms with van der Waals surface area (Å²) in [5.74, 6) is 4.31. The van der Waals surface area contributed by atoms with E-state index in [0.29, 0.717) is 51.7 Å². The van der Waals surface area contributed by atoms with Crippen LogP contribution in [-0.4, -0.2) is 62.0 Å². The highest BCUT2D eigenvalue weighted by Gasteiger charge is 2.40. The fourth-order valence-electron chi connectivity index (χ4n) is 5.77. The molecule has 10 heteroatoms. The van der Waals surface area contributed by atoms with Gasteiger partial charge in [0.1, 0.15) is 6.10 Å². The van der Waals surface area contributed by atoms with Gasteiger partial charge in [0.15, 0.2) is 46.0 Å². The van der Waals surface area contributed by atoms with E-state index in [4.69, 9.17) is 42.6 Å². The van der Waals surface area contributed by atoms with Gasteiger partial charge in [0.25, 0.3) is 0 Å². The van der Waals surface area contributed by atoms with Crippen molar-refractivity contribution in [1.82, 2.24) is 0 Å². The van der Waals surface area contributed by atoms with E-state index >= 15 is 0 Å². The minimum atomic E-state index is -0.518. The first-order chi connectivity index (χ1) is 22.3. The van der Waals surface area contributed by atoms with Gasteiger partial charge in [-0.25, -0.2) is 0 Å². The number of fused-ring (bicyclic) bond motifs is 1. The molecule has 10 nitrogen and oxygen atoms in total. The molecule has 0 aliphatic carbocycles. The lowest BCUT2D eigenvalue weighted by atomic mass is 9.84. The number of methoxy groups -OCH3 is 8. The molecule has 4 aromatic carbocycles. The van der Waals surface area contributed by atoms with E-state index < -0.39 is 6.10 Å². The lowest BCUT2D eigenvalue weighted by Crippen LogP contribution is -2.12. The van der Waals surface area contributed by atoms with Crippen LogP contribution in [0.15, 0.2) is 54.6 Å². The molecule has 1 heterocycles. The van der Waals surface area contributed by atoms with Crippen molar-refractivity contribution in [3.63, 3.8) is 0 Å². The first kappa shape index (κ1) is 32.0. The predicted octanol–water partition coefficient (Wildman–Crippen LogP) is 6.90. The summed E-state index contributed by atoms with van der Waals surface area (Å²) in [6.45, 7) is 0. The Kier molecular flexibility index (Phi) is 9.55. The second-order valence-electron chi connectivity index (χ2n) is 10.3. The largest absolute Gasteiger partial charge is 0.504 e. The molecule has 0 bridgehead atoms. The molecule has 0 radical (unpaired) electrons. The zero-order valence-electron chi connectivity index (χ0n) is 27.1. The second kappa shape index (κ2) is 13.7. The van der Waals surface area contributed by atoms with Gasteiger partial charge in [0.05, 0.1) is 62.8 Å². The van der Waals surface area contributed by atoms with Crippen LogP contribution in [0.1, 0.15) is 39.8 Å². The van der Waals surface area contributed by atoms with Crippen molar-refractivity contribution in [2.75, 3.05) is 56.9 Å². The molecule has 0 amide bonds. The Morgan fingerprint density at radius 2 is 0.978 bits per heavy atom. The fourth-order valence-corrected chi connectivity index (χ4v) is 5.77. The number of rotatable bonds is 12. The Labute approximate surface area is 268 Å². The molecule has 0 saturated heterocycles. The van der Waals surface area contributed by atoms with Crippen molar-refractivity contribution in [3.05, 3.63) is 82.4 Å². The van der Waals surface area contributed by atoms with Gasteiger partial charge in [0.2, 0.25) is 11.5 Å². The summed E-state index contributed by atoms with van der Waals surface area (Å²) in [4.78, 5) is 0. The van der Waals surface area contributed by atoms with Gasteiger partial charge in [-0.1, -0.05) is 18.2 Å². The van der Waals surface area contributed by atoms with E-state index in [9.17, 15) is 5.11 Å². The van der Waals surface area contributed by atoms with Crippen LogP contribution in [0, 0.1) is 0 Å². The van der Waals surface area contributed by atoms with Crippen LogP contribution in [0.3, 0.4) is 0 Å². The second-order valence-corrected chi connectivity index (χ2v) is 10.3. The van der Waals surface area contributed by atoms with Gasteiger partial charge >= 0.3 is 0 Å². The third kappa shape index (κ3) is 5.85. The zero-order chi connectivity index (χ0) is 33.0. The number of hydrogen-bond donors (Lipinski definition) is 1. The average molecular weight is 631 g/mol. The van der Waals surface area contributed by atoms with Crippen LogP contribution in [0.5, 0.6) is 57.5 Å². The Morgan fingerprint density at radius 1 is 0.522 bits per heavy atom. The third-order valence-corrected chi connectivity index (χ3v) is 7.94. The highest BCUT2D eigenvalue weighted by atomic mass is 16.5. The Balaban J connectivity index is 1.68. The molecule has 0 saturated carbocycles. The topological polar surface area (TPSA) is 103 Å². The Bertz CT molecular complexity index is 1700. The van der Waals surface area contributed by atoms with E-state index in [1.165, 1.54) is 7.11 Å². The summed E-state index contributed by atoms with van der Waals surface area (Å²) in [6.07, 6.45) is 3.42. The van der Waals surface area contributed by atoms with E-state index in [1.807, 2.05) is 48.6 Å². The third-order valence-electron chi connectivity index (χ3n) is 7.94. The lowest BCUT2D eigenvalue weighted by molar-refractivity contribution is 0.213. The van der Waals surface area contributed by atoms with Crippen LogP contribution < -0.4 is 42.6 Å². The molecule has 242 valence electrons. The summed E-state index contributed by atoms with van der Waals surface area (Å²) in [5, 5.41) is 10.3. The van der Waals surface area contributed by atoms with Gasteiger partial charge in [-0.15, -0.1) is 0 Å². The Hall–Kier alpha value is -5.38. The number of benzene rings is 4. The first-order valence-corrected chi connectivity index (χ1v) is 14.4. The first-order valence-electron chi connectivity index (χ1n) is 14.4. The van der Waals surface area contributed by atoms with Gasteiger partial charge < -0.3 is 47.7 Å². The van der Waals surface area contributed by atoms with Crippen molar-refractivity contribution >= 4 is 12.2 Å². The SMILES string of the molecule is COc1cc([C@@H]2Oc3c(OC)cc(/C=C/c4cc(OC)c(OC)c(OC)c4)cc3[C@H]2c2cc(OC)c(OC)c(OC)c2)ccc1O. The standard InChI is InChI=1S/C36H38O10/c1-38-26-17-22(11-12-25(26)37)33-32(23-18-30(42-5)36(45-8)31(19-23)43-6)24-13-20(14-27(39-2)34(24)46-33)9-10-21-15-28(40-3)35(44-7)29(16-21)41-4/h9-19,32-33,37H,1-8H3/b10-9+/t32-,33+/m1/s1. The summed E-state index contributed by atoms with van der Waals surface area (Å²) >= 11 is 0. The molecule has 2 atom stereocenters. The van der Waals surface area contributed by atoms with Gasteiger partial charge in [-0.2, -0.15) is 0 Å².